The van der Waals surface area contributed by atoms with Gasteiger partial charge in [-0.2, -0.15) is 5.26 Å². The van der Waals surface area contributed by atoms with E-state index in [1.165, 1.54) is 19.3 Å². The van der Waals surface area contributed by atoms with Crippen LogP contribution in [0.4, 0.5) is 0 Å². The van der Waals surface area contributed by atoms with Crippen LogP contribution in [0.3, 0.4) is 0 Å². The van der Waals surface area contributed by atoms with Gasteiger partial charge in [-0.05, 0) is 43.5 Å². The highest BCUT2D eigenvalue weighted by molar-refractivity contribution is 7.85. The van der Waals surface area contributed by atoms with Gasteiger partial charge in [0, 0.05) is 21.8 Å². The van der Waals surface area contributed by atoms with Crippen LogP contribution in [0, 0.1) is 11.3 Å². The highest BCUT2D eigenvalue weighted by atomic mass is 32.2. The predicted octanol–water partition coefficient (Wildman–Crippen LogP) is 3.41. The van der Waals surface area contributed by atoms with Crippen LogP contribution in [0.2, 0.25) is 0 Å². The maximum absolute atomic E-state index is 12.1. The summed E-state index contributed by atoms with van der Waals surface area (Å²) < 4.78 is 17.7. The smallest absolute Gasteiger partial charge is 0.119 e. The normalized spacial score (nSPS) is 17.4. The fourth-order valence-corrected chi connectivity index (χ4v) is 4.11. The highest BCUT2D eigenvalue weighted by Crippen LogP contribution is 2.22. The van der Waals surface area contributed by atoms with E-state index in [1.807, 2.05) is 0 Å². The van der Waals surface area contributed by atoms with Crippen LogP contribution >= 0.6 is 0 Å². The van der Waals surface area contributed by atoms with Gasteiger partial charge in [-0.3, -0.25) is 4.21 Å². The van der Waals surface area contributed by atoms with Gasteiger partial charge in [-0.1, -0.05) is 19.3 Å². The second-order valence-corrected chi connectivity index (χ2v) is 7.02. The molecule has 0 bridgehead atoms. The second-order valence-electron chi connectivity index (χ2n) is 5.18. The SMILES string of the molecule is N#Cc1ccc(OCCCS(=O)C2CCCCC2)cc1. The van der Waals surface area contributed by atoms with Crippen molar-refractivity contribution in [2.45, 2.75) is 43.8 Å². The number of nitriles is 1. The fraction of sp³-hybridized carbons (Fsp3) is 0.562. The van der Waals surface area contributed by atoms with E-state index < -0.39 is 10.8 Å². The molecule has 0 radical (unpaired) electrons. The first-order valence-electron chi connectivity index (χ1n) is 7.30. The molecule has 0 aliphatic heterocycles. The summed E-state index contributed by atoms with van der Waals surface area (Å²) in [7, 11) is -0.692. The Morgan fingerprint density at radius 3 is 2.55 bits per heavy atom. The lowest BCUT2D eigenvalue weighted by Gasteiger charge is -2.20. The summed E-state index contributed by atoms with van der Waals surface area (Å²) in [5, 5.41) is 9.12. The first-order chi connectivity index (χ1) is 9.79. The summed E-state index contributed by atoms with van der Waals surface area (Å²) in [6.07, 6.45) is 6.85. The quantitative estimate of drug-likeness (QED) is 0.755. The van der Waals surface area contributed by atoms with Crippen molar-refractivity contribution < 1.29 is 8.95 Å². The van der Waals surface area contributed by atoms with Crippen LogP contribution in [0.25, 0.3) is 0 Å². The maximum Gasteiger partial charge on any atom is 0.119 e. The Morgan fingerprint density at radius 1 is 1.20 bits per heavy atom. The fourth-order valence-electron chi connectivity index (χ4n) is 2.51. The van der Waals surface area contributed by atoms with E-state index in [0.29, 0.717) is 17.4 Å². The molecule has 108 valence electrons. The summed E-state index contributed by atoms with van der Waals surface area (Å²) in [4.78, 5) is 0. The number of hydrogen-bond donors (Lipinski definition) is 0. The highest BCUT2D eigenvalue weighted by Gasteiger charge is 2.19. The lowest BCUT2D eigenvalue weighted by Crippen LogP contribution is -2.21. The Morgan fingerprint density at radius 2 is 1.90 bits per heavy atom. The molecule has 1 aliphatic rings. The predicted molar refractivity (Wildman–Crippen MR) is 81.2 cm³/mol. The van der Waals surface area contributed by atoms with Gasteiger partial charge in [0.1, 0.15) is 5.75 Å². The molecule has 20 heavy (non-hydrogen) atoms. The summed E-state index contributed by atoms with van der Waals surface area (Å²) in [6, 6.07) is 9.17. The van der Waals surface area contributed by atoms with Gasteiger partial charge in [0.15, 0.2) is 0 Å². The molecule has 1 fully saturated rings. The second kappa shape index (κ2) is 8.06. The molecule has 4 heteroatoms. The molecule has 0 saturated heterocycles. The van der Waals surface area contributed by atoms with Crippen molar-refractivity contribution in [2.24, 2.45) is 0 Å². The van der Waals surface area contributed by atoms with Gasteiger partial charge in [-0.25, -0.2) is 0 Å². The third-order valence-electron chi connectivity index (χ3n) is 3.67. The van der Waals surface area contributed by atoms with Gasteiger partial charge in [0.05, 0.1) is 18.2 Å². The zero-order valence-electron chi connectivity index (χ0n) is 11.7. The van der Waals surface area contributed by atoms with Crippen molar-refractivity contribution in [3.8, 4) is 11.8 Å². The van der Waals surface area contributed by atoms with Crippen LogP contribution in [0.1, 0.15) is 44.1 Å². The molecule has 2 rings (SSSR count). The molecule has 1 aromatic carbocycles. The van der Waals surface area contributed by atoms with Gasteiger partial charge >= 0.3 is 0 Å². The third kappa shape index (κ3) is 4.64. The molecule has 0 amide bonds. The Bertz CT molecular complexity index is 472. The first-order valence-corrected chi connectivity index (χ1v) is 8.68. The van der Waals surface area contributed by atoms with Gasteiger partial charge in [0.25, 0.3) is 0 Å². The van der Waals surface area contributed by atoms with Crippen molar-refractivity contribution in [3.05, 3.63) is 29.8 Å². The topological polar surface area (TPSA) is 50.1 Å². The third-order valence-corrected chi connectivity index (χ3v) is 5.57. The minimum atomic E-state index is -0.692. The number of benzene rings is 1. The summed E-state index contributed by atoms with van der Waals surface area (Å²) in [5.74, 6) is 1.51. The zero-order valence-corrected chi connectivity index (χ0v) is 12.5. The lowest BCUT2D eigenvalue weighted by atomic mass is 10.0. The Hall–Kier alpha value is -1.34. The molecule has 1 unspecified atom stereocenters. The van der Waals surface area contributed by atoms with Crippen molar-refractivity contribution >= 4 is 10.8 Å². The van der Waals surface area contributed by atoms with E-state index in [4.69, 9.17) is 10.00 Å². The molecule has 3 nitrogen and oxygen atoms in total. The van der Waals surface area contributed by atoms with E-state index >= 15 is 0 Å². The molecule has 0 spiro atoms. The Balaban J connectivity index is 1.65. The van der Waals surface area contributed by atoms with Gasteiger partial charge in [0.2, 0.25) is 0 Å². The summed E-state index contributed by atoms with van der Waals surface area (Å²) >= 11 is 0. The average Bonchev–Trinajstić information content (AvgIpc) is 2.53. The maximum atomic E-state index is 12.1. The van der Waals surface area contributed by atoms with Crippen molar-refractivity contribution in [1.29, 1.82) is 5.26 Å². The Kier molecular flexibility index (Phi) is 6.07. The standard InChI is InChI=1S/C16H21NO2S/c17-13-14-7-9-15(10-8-14)19-11-4-12-20(18)16-5-2-1-3-6-16/h7-10,16H,1-6,11-12H2. The molecule has 1 aliphatic carbocycles. The largest absolute Gasteiger partial charge is 0.494 e. The van der Waals surface area contributed by atoms with Gasteiger partial charge < -0.3 is 4.74 Å². The summed E-state index contributed by atoms with van der Waals surface area (Å²) in [5.41, 5.74) is 0.635. The Labute approximate surface area is 123 Å². The van der Waals surface area contributed by atoms with Crippen molar-refractivity contribution in [1.82, 2.24) is 0 Å². The number of hydrogen-bond acceptors (Lipinski definition) is 3. The lowest BCUT2D eigenvalue weighted by molar-refractivity contribution is 0.318. The minimum Gasteiger partial charge on any atom is -0.494 e. The molecule has 1 aromatic rings. The molecule has 0 N–H and O–H groups in total. The molecule has 0 aromatic heterocycles. The molecule has 0 heterocycles. The van der Waals surface area contributed by atoms with Gasteiger partial charge in [-0.15, -0.1) is 0 Å². The zero-order chi connectivity index (χ0) is 14.2. The van der Waals surface area contributed by atoms with E-state index in [1.54, 1.807) is 24.3 Å². The van der Waals surface area contributed by atoms with E-state index in [9.17, 15) is 4.21 Å². The monoisotopic (exact) mass is 291 g/mol. The van der Waals surface area contributed by atoms with Crippen LogP contribution in [0.5, 0.6) is 5.75 Å². The molecule has 1 saturated carbocycles. The number of nitrogens with zero attached hydrogens (tertiary/aromatic N) is 1. The van der Waals surface area contributed by atoms with E-state index in [-0.39, 0.29) is 0 Å². The van der Waals surface area contributed by atoms with Crippen LogP contribution in [-0.4, -0.2) is 21.8 Å². The molecular formula is C16H21NO2S. The number of rotatable bonds is 6. The minimum absolute atomic E-state index is 0.415. The molecule has 1 atom stereocenters. The van der Waals surface area contributed by atoms with E-state index in [0.717, 1.165) is 30.8 Å². The van der Waals surface area contributed by atoms with Crippen LogP contribution in [-0.2, 0) is 10.8 Å². The van der Waals surface area contributed by atoms with Crippen molar-refractivity contribution in [2.75, 3.05) is 12.4 Å². The van der Waals surface area contributed by atoms with Crippen molar-refractivity contribution in [3.63, 3.8) is 0 Å². The van der Waals surface area contributed by atoms with E-state index in [2.05, 4.69) is 6.07 Å². The van der Waals surface area contributed by atoms with Crippen LogP contribution < -0.4 is 4.74 Å². The van der Waals surface area contributed by atoms with Crippen LogP contribution in [0.15, 0.2) is 24.3 Å². The summed E-state index contributed by atoms with van der Waals surface area (Å²) in [6.45, 7) is 0.588. The molecular weight excluding hydrogens is 270 g/mol. The first kappa shape index (κ1) is 15.1. The number of ether oxygens (including phenoxy) is 1. The average molecular weight is 291 g/mol.